The van der Waals surface area contributed by atoms with Gasteiger partial charge in [-0.3, -0.25) is 0 Å². The van der Waals surface area contributed by atoms with Gasteiger partial charge in [0.1, 0.15) is 0 Å². The SMILES string of the molecule is CC(C)(C)[Si](OCC1[C@H]2CC(O)C[C@@H]12)(c1ccccc1)c1ccccc1. The van der Waals surface area contributed by atoms with Gasteiger partial charge in [-0.15, -0.1) is 0 Å². The quantitative estimate of drug-likeness (QED) is 0.820. The predicted octanol–water partition coefficient (Wildman–Crippen LogP) is 3.58. The lowest BCUT2D eigenvalue weighted by Gasteiger charge is -2.43. The molecule has 138 valence electrons. The molecule has 0 aromatic heterocycles. The first kappa shape index (κ1) is 18.0. The highest BCUT2D eigenvalue weighted by molar-refractivity contribution is 6.99. The van der Waals surface area contributed by atoms with Gasteiger partial charge in [-0.05, 0) is 46.0 Å². The van der Waals surface area contributed by atoms with Crippen molar-refractivity contribution in [3.63, 3.8) is 0 Å². The van der Waals surface area contributed by atoms with E-state index in [1.54, 1.807) is 0 Å². The zero-order valence-corrected chi connectivity index (χ0v) is 17.1. The second-order valence-electron chi connectivity index (χ2n) is 9.09. The van der Waals surface area contributed by atoms with Crippen LogP contribution in [-0.4, -0.2) is 26.1 Å². The summed E-state index contributed by atoms with van der Waals surface area (Å²) < 4.78 is 7.02. The Morgan fingerprint density at radius 2 is 1.35 bits per heavy atom. The van der Waals surface area contributed by atoms with Crippen molar-refractivity contribution in [2.45, 2.75) is 44.8 Å². The third-order valence-electron chi connectivity index (χ3n) is 6.51. The van der Waals surface area contributed by atoms with Gasteiger partial charge in [0.25, 0.3) is 8.32 Å². The molecule has 0 radical (unpaired) electrons. The Balaban J connectivity index is 1.69. The van der Waals surface area contributed by atoms with Crippen molar-refractivity contribution in [2.75, 3.05) is 6.61 Å². The molecular formula is C23H30O2Si. The van der Waals surface area contributed by atoms with E-state index in [2.05, 4.69) is 81.4 Å². The fraction of sp³-hybridized carbons (Fsp3) is 0.478. The molecule has 2 fully saturated rings. The third-order valence-corrected chi connectivity index (χ3v) is 11.5. The topological polar surface area (TPSA) is 29.5 Å². The number of rotatable bonds is 5. The first-order valence-corrected chi connectivity index (χ1v) is 11.8. The largest absolute Gasteiger partial charge is 0.407 e. The molecule has 26 heavy (non-hydrogen) atoms. The average Bonchev–Trinajstić information content (AvgIpc) is 3.09. The summed E-state index contributed by atoms with van der Waals surface area (Å²) in [7, 11) is -2.40. The van der Waals surface area contributed by atoms with Crippen molar-refractivity contribution in [2.24, 2.45) is 17.8 Å². The van der Waals surface area contributed by atoms with Crippen LogP contribution >= 0.6 is 0 Å². The molecule has 2 nitrogen and oxygen atoms in total. The highest BCUT2D eigenvalue weighted by Crippen LogP contribution is 2.58. The zero-order valence-electron chi connectivity index (χ0n) is 16.1. The van der Waals surface area contributed by atoms with Crippen LogP contribution in [0.5, 0.6) is 0 Å². The number of benzene rings is 2. The molecule has 4 atom stereocenters. The van der Waals surface area contributed by atoms with Gasteiger partial charge in [0.2, 0.25) is 0 Å². The molecule has 1 N–H and O–H groups in total. The average molecular weight is 367 g/mol. The molecule has 0 saturated heterocycles. The number of hydrogen-bond acceptors (Lipinski definition) is 2. The lowest BCUT2D eigenvalue weighted by atomic mass is 10.1. The molecule has 2 aromatic rings. The van der Waals surface area contributed by atoms with Gasteiger partial charge in [0.15, 0.2) is 0 Å². The molecule has 2 unspecified atom stereocenters. The number of aliphatic hydroxyl groups is 1. The summed E-state index contributed by atoms with van der Waals surface area (Å²) in [5.74, 6) is 2.01. The van der Waals surface area contributed by atoms with Crippen LogP contribution in [0.1, 0.15) is 33.6 Å². The number of fused-ring (bicyclic) bond motifs is 1. The number of hydrogen-bond donors (Lipinski definition) is 1. The van der Waals surface area contributed by atoms with E-state index >= 15 is 0 Å². The molecule has 2 saturated carbocycles. The minimum absolute atomic E-state index is 0.0409. The maximum atomic E-state index is 9.83. The van der Waals surface area contributed by atoms with Gasteiger partial charge in [-0.1, -0.05) is 81.4 Å². The van der Waals surface area contributed by atoms with E-state index in [4.69, 9.17) is 4.43 Å². The summed E-state index contributed by atoms with van der Waals surface area (Å²) in [6.07, 6.45) is 1.87. The molecule has 0 bridgehead atoms. The van der Waals surface area contributed by atoms with Crippen LogP contribution in [0.2, 0.25) is 5.04 Å². The highest BCUT2D eigenvalue weighted by Gasteiger charge is 2.57. The standard InChI is InChI=1S/C23H30O2Si/c1-23(2,3)26(18-10-6-4-7-11-18,19-12-8-5-9-13-19)25-16-22-20-14-17(24)15-21(20)22/h4-13,17,20-22,24H,14-16H2,1-3H3/t17?,20-,21+,22?. The van der Waals surface area contributed by atoms with Crippen LogP contribution in [0, 0.1) is 17.8 Å². The van der Waals surface area contributed by atoms with E-state index in [0.717, 1.165) is 19.4 Å². The molecule has 0 amide bonds. The minimum Gasteiger partial charge on any atom is -0.407 e. The lowest BCUT2D eigenvalue weighted by Crippen LogP contribution is -2.66. The summed E-state index contributed by atoms with van der Waals surface area (Å²) in [6.45, 7) is 7.82. The van der Waals surface area contributed by atoms with E-state index in [1.165, 1.54) is 10.4 Å². The number of aliphatic hydroxyl groups excluding tert-OH is 1. The fourth-order valence-corrected chi connectivity index (χ4v) is 9.78. The normalized spacial score (nSPS) is 28.0. The highest BCUT2D eigenvalue weighted by atomic mass is 28.4. The van der Waals surface area contributed by atoms with Crippen molar-refractivity contribution >= 4 is 18.7 Å². The van der Waals surface area contributed by atoms with Crippen molar-refractivity contribution in [1.29, 1.82) is 0 Å². The van der Waals surface area contributed by atoms with Crippen LogP contribution in [0.15, 0.2) is 60.7 Å². The Labute approximate surface area is 158 Å². The van der Waals surface area contributed by atoms with Crippen molar-refractivity contribution in [3.8, 4) is 0 Å². The summed E-state index contributed by atoms with van der Waals surface area (Å²) in [4.78, 5) is 0. The summed E-state index contributed by atoms with van der Waals surface area (Å²) in [5, 5.41) is 12.6. The maximum absolute atomic E-state index is 9.83. The Bertz CT molecular complexity index is 686. The van der Waals surface area contributed by atoms with Crippen LogP contribution in [0.3, 0.4) is 0 Å². The second-order valence-corrected chi connectivity index (χ2v) is 13.4. The minimum atomic E-state index is -2.40. The third kappa shape index (κ3) is 2.96. The van der Waals surface area contributed by atoms with Crippen molar-refractivity contribution < 1.29 is 9.53 Å². The molecule has 3 heteroatoms. The zero-order chi connectivity index (χ0) is 18.4. The second kappa shape index (κ2) is 6.63. The first-order valence-electron chi connectivity index (χ1n) is 9.86. The maximum Gasteiger partial charge on any atom is 0.261 e. The fourth-order valence-electron chi connectivity index (χ4n) is 5.18. The molecule has 4 rings (SSSR count). The van der Waals surface area contributed by atoms with Crippen LogP contribution in [-0.2, 0) is 4.43 Å². The Morgan fingerprint density at radius 1 is 0.885 bits per heavy atom. The van der Waals surface area contributed by atoms with E-state index in [9.17, 15) is 5.11 Å². The lowest BCUT2D eigenvalue weighted by molar-refractivity contribution is 0.151. The summed E-state index contributed by atoms with van der Waals surface area (Å²) in [5.41, 5.74) is 0. The van der Waals surface area contributed by atoms with Gasteiger partial charge < -0.3 is 9.53 Å². The summed E-state index contributed by atoms with van der Waals surface area (Å²) >= 11 is 0. The molecular weight excluding hydrogens is 336 g/mol. The molecule has 2 aromatic carbocycles. The molecule has 0 spiro atoms. The van der Waals surface area contributed by atoms with Gasteiger partial charge in [-0.2, -0.15) is 0 Å². The van der Waals surface area contributed by atoms with Crippen LogP contribution < -0.4 is 10.4 Å². The van der Waals surface area contributed by atoms with E-state index < -0.39 is 8.32 Å². The monoisotopic (exact) mass is 366 g/mol. The van der Waals surface area contributed by atoms with Crippen LogP contribution in [0.4, 0.5) is 0 Å². The van der Waals surface area contributed by atoms with Gasteiger partial charge in [-0.25, -0.2) is 0 Å². The van der Waals surface area contributed by atoms with E-state index in [-0.39, 0.29) is 11.1 Å². The van der Waals surface area contributed by atoms with E-state index in [1.807, 2.05) is 0 Å². The van der Waals surface area contributed by atoms with Gasteiger partial charge >= 0.3 is 0 Å². The van der Waals surface area contributed by atoms with Crippen LogP contribution in [0.25, 0.3) is 0 Å². The molecule has 0 aliphatic heterocycles. The molecule has 2 aliphatic rings. The van der Waals surface area contributed by atoms with E-state index in [0.29, 0.717) is 17.8 Å². The van der Waals surface area contributed by atoms with Gasteiger partial charge in [0, 0.05) is 6.61 Å². The first-order chi connectivity index (χ1) is 12.4. The Hall–Kier alpha value is -1.42. The molecule has 2 aliphatic carbocycles. The van der Waals surface area contributed by atoms with Gasteiger partial charge in [0.05, 0.1) is 6.10 Å². The summed E-state index contributed by atoms with van der Waals surface area (Å²) in [6, 6.07) is 21.7. The Kier molecular flexibility index (Phi) is 4.58. The van der Waals surface area contributed by atoms with Crippen molar-refractivity contribution in [3.05, 3.63) is 60.7 Å². The smallest absolute Gasteiger partial charge is 0.261 e. The van der Waals surface area contributed by atoms with Crippen molar-refractivity contribution in [1.82, 2.24) is 0 Å². The Morgan fingerprint density at radius 3 is 1.77 bits per heavy atom. The molecule has 0 heterocycles. The predicted molar refractivity (Wildman–Crippen MR) is 109 cm³/mol.